The van der Waals surface area contributed by atoms with Crippen LogP contribution in [-0.4, -0.2) is 51.8 Å². The number of thiophene rings is 1. The second-order valence-corrected chi connectivity index (χ2v) is 9.91. The van der Waals surface area contributed by atoms with Crippen molar-refractivity contribution in [1.29, 1.82) is 0 Å². The SMILES string of the molecule is CC1CCCN(CCCCNC(=O)c2cc(-c3cccs3)nc3c2cnn3C(C)C)C1. The summed E-state index contributed by atoms with van der Waals surface area (Å²) in [5, 5.41) is 10.5. The Morgan fingerprint density at radius 2 is 2.23 bits per heavy atom. The summed E-state index contributed by atoms with van der Waals surface area (Å²) in [5.74, 6) is 0.770. The summed E-state index contributed by atoms with van der Waals surface area (Å²) in [4.78, 5) is 21.5. The van der Waals surface area contributed by atoms with Crippen molar-refractivity contribution in [2.24, 2.45) is 5.92 Å². The predicted molar refractivity (Wildman–Crippen MR) is 128 cm³/mol. The third kappa shape index (κ3) is 5.15. The van der Waals surface area contributed by atoms with Crippen molar-refractivity contribution in [3.05, 3.63) is 35.3 Å². The lowest BCUT2D eigenvalue weighted by Gasteiger charge is -2.30. The Morgan fingerprint density at radius 1 is 1.35 bits per heavy atom. The van der Waals surface area contributed by atoms with E-state index >= 15 is 0 Å². The molecule has 1 atom stereocenters. The molecule has 3 aromatic heterocycles. The lowest BCUT2D eigenvalue weighted by atomic mass is 10.0. The summed E-state index contributed by atoms with van der Waals surface area (Å²) in [6.07, 6.45) is 6.55. The molecule has 7 heteroatoms. The number of amides is 1. The van der Waals surface area contributed by atoms with E-state index in [0.29, 0.717) is 12.1 Å². The van der Waals surface area contributed by atoms with Gasteiger partial charge in [0.05, 0.1) is 27.7 Å². The van der Waals surface area contributed by atoms with E-state index < -0.39 is 0 Å². The van der Waals surface area contributed by atoms with Crippen molar-refractivity contribution in [2.45, 2.75) is 52.5 Å². The Labute approximate surface area is 188 Å². The second kappa shape index (κ2) is 9.92. The van der Waals surface area contributed by atoms with Crippen LogP contribution in [0.4, 0.5) is 0 Å². The zero-order valence-electron chi connectivity index (χ0n) is 18.8. The molecule has 1 N–H and O–H groups in total. The predicted octanol–water partition coefficient (Wildman–Crippen LogP) is 4.98. The summed E-state index contributed by atoms with van der Waals surface area (Å²) < 4.78 is 1.89. The van der Waals surface area contributed by atoms with Gasteiger partial charge in [0.1, 0.15) is 0 Å². The van der Waals surface area contributed by atoms with Crippen LogP contribution in [0.1, 0.15) is 62.9 Å². The van der Waals surface area contributed by atoms with E-state index in [9.17, 15) is 4.79 Å². The van der Waals surface area contributed by atoms with Gasteiger partial charge in [-0.2, -0.15) is 5.10 Å². The fourth-order valence-corrected chi connectivity index (χ4v) is 5.07. The Bertz CT molecular complexity index is 1010. The lowest BCUT2D eigenvalue weighted by Crippen LogP contribution is -2.35. The Balaban J connectivity index is 1.43. The summed E-state index contributed by atoms with van der Waals surface area (Å²) in [5.41, 5.74) is 2.25. The molecule has 0 bridgehead atoms. The molecule has 166 valence electrons. The van der Waals surface area contributed by atoms with Crippen molar-refractivity contribution in [2.75, 3.05) is 26.2 Å². The number of carbonyl (C=O) groups is 1. The van der Waals surface area contributed by atoms with Gasteiger partial charge in [-0.25, -0.2) is 9.67 Å². The average Bonchev–Trinajstić information content (AvgIpc) is 3.42. The fraction of sp³-hybridized carbons (Fsp3) is 0.542. The number of unbranched alkanes of at least 4 members (excludes halogenated alkanes) is 1. The van der Waals surface area contributed by atoms with Crippen LogP contribution in [0.5, 0.6) is 0 Å². The van der Waals surface area contributed by atoms with Gasteiger partial charge in [-0.05, 0) is 76.1 Å². The smallest absolute Gasteiger partial charge is 0.252 e. The monoisotopic (exact) mass is 439 g/mol. The molecule has 6 nitrogen and oxygen atoms in total. The summed E-state index contributed by atoms with van der Waals surface area (Å²) in [6, 6.07) is 6.13. The molecular formula is C24H33N5OS. The molecule has 0 radical (unpaired) electrons. The fourth-order valence-electron chi connectivity index (χ4n) is 4.38. The molecule has 4 rings (SSSR count). The highest BCUT2D eigenvalue weighted by Crippen LogP contribution is 2.29. The third-order valence-electron chi connectivity index (χ3n) is 6.00. The van der Waals surface area contributed by atoms with E-state index in [1.807, 2.05) is 28.3 Å². The number of likely N-dealkylation sites (tertiary alicyclic amines) is 1. The van der Waals surface area contributed by atoms with Crippen molar-refractivity contribution < 1.29 is 4.79 Å². The van der Waals surface area contributed by atoms with Gasteiger partial charge in [0.15, 0.2) is 5.65 Å². The number of carbonyl (C=O) groups excluding carboxylic acids is 1. The standard InChI is InChI=1S/C24H33N5OS/c1-17(2)29-23-20(15-26-29)19(14-21(27-23)22-9-7-13-31-22)24(30)25-10-4-5-11-28-12-6-8-18(3)16-28/h7,9,13-15,17-18H,4-6,8,10-12,16H2,1-3H3,(H,25,30). The van der Waals surface area contributed by atoms with E-state index in [4.69, 9.17) is 4.98 Å². The molecule has 1 saturated heterocycles. The number of nitrogens with zero attached hydrogens (tertiary/aromatic N) is 4. The van der Waals surface area contributed by atoms with Crippen molar-refractivity contribution >= 4 is 28.3 Å². The van der Waals surface area contributed by atoms with Crippen LogP contribution in [0.2, 0.25) is 0 Å². The van der Waals surface area contributed by atoms with Crippen LogP contribution >= 0.6 is 11.3 Å². The lowest BCUT2D eigenvalue weighted by molar-refractivity contribution is 0.0954. The number of pyridine rings is 1. The molecule has 0 saturated carbocycles. The van der Waals surface area contributed by atoms with Gasteiger partial charge in [-0.3, -0.25) is 4.79 Å². The maximum absolute atomic E-state index is 13.1. The van der Waals surface area contributed by atoms with Gasteiger partial charge in [-0.1, -0.05) is 13.0 Å². The first-order chi connectivity index (χ1) is 15.0. The van der Waals surface area contributed by atoms with Crippen molar-refractivity contribution in [3.63, 3.8) is 0 Å². The normalized spacial score (nSPS) is 17.5. The third-order valence-corrected chi connectivity index (χ3v) is 6.89. The number of hydrogen-bond donors (Lipinski definition) is 1. The van der Waals surface area contributed by atoms with E-state index in [1.54, 1.807) is 17.5 Å². The highest BCUT2D eigenvalue weighted by atomic mass is 32.1. The maximum Gasteiger partial charge on any atom is 0.252 e. The van der Waals surface area contributed by atoms with Gasteiger partial charge >= 0.3 is 0 Å². The van der Waals surface area contributed by atoms with Gasteiger partial charge < -0.3 is 10.2 Å². The van der Waals surface area contributed by atoms with Crippen LogP contribution in [0.15, 0.2) is 29.8 Å². The maximum atomic E-state index is 13.1. The summed E-state index contributed by atoms with van der Waals surface area (Å²) in [6.45, 7) is 10.8. The molecule has 31 heavy (non-hydrogen) atoms. The molecule has 1 amide bonds. The summed E-state index contributed by atoms with van der Waals surface area (Å²) >= 11 is 1.63. The number of piperidine rings is 1. The minimum absolute atomic E-state index is 0.0416. The zero-order valence-corrected chi connectivity index (χ0v) is 19.6. The molecule has 0 aromatic carbocycles. The Kier molecular flexibility index (Phi) is 7.02. The molecule has 1 aliphatic heterocycles. The minimum Gasteiger partial charge on any atom is -0.352 e. The first kappa shape index (κ1) is 22.0. The quantitative estimate of drug-likeness (QED) is 0.503. The minimum atomic E-state index is -0.0416. The number of rotatable bonds is 8. The first-order valence-corrected chi connectivity index (χ1v) is 12.3. The molecule has 0 spiro atoms. The zero-order chi connectivity index (χ0) is 21.8. The van der Waals surface area contributed by atoms with Crippen molar-refractivity contribution in [1.82, 2.24) is 25.0 Å². The molecule has 1 fully saturated rings. The highest BCUT2D eigenvalue weighted by molar-refractivity contribution is 7.13. The van der Waals surface area contributed by atoms with Crippen LogP contribution < -0.4 is 5.32 Å². The van der Waals surface area contributed by atoms with Gasteiger partial charge in [-0.15, -0.1) is 11.3 Å². The highest BCUT2D eigenvalue weighted by Gasteiger charge is 2.19. The number of fused-ring (bicyclic) bond motifs is 1. The molecule has 4 heterocycles. The van der Waals surface area contributed by atoms with Gasteiger partial charge in [0.25, 0.3) is 5.91 Å². The molecule has 1 aliphatic rings. The van der Waals surface area contributed by atoms with E-state index in [-0.39, 0.29) is 11.9 Å². The molecule has 1 unspecified atom stereocenters. The topological polar surface area (TPSA) is 63.1 Å². The number of nitrogens with one attached hydrogen (secondary N) is 1. The van der Waals surface area contributed by atoms with Crippen LogP contribution in [0.3, 0.4) is 0 Å². The van der Waals surface area contributed by atoms with Crippen LogP contribution in [0, 0.1) is 5.92 Å². The molecular weight excluding hydrogens is 406 g/mol. The van der Waals surface area contributed by atoms with Crippen LogP contribution in [-0.2, 0) is 0 Å². The largest absolute Gasteiger partial charge is 0.352 e. The Hall–Kier alpha value is -2.25. The Morgan fingerprint density at radius 3 is 2.97 bits per heavy atom. The number of aromatic nitrogens is 3. The van der Waals surface area contributed by atoms with E-state index in [0.717, 1.165) is 46.9 Å². The summed E-state index contributed by atoms with van der Waals surface area (Å²) in [7, 11) is 0. The van der Waals surface area contributed by atoms with Crippen LogP contribution in [0.25, 0.3) is 21.6 Å². The van der Waals surface area contributed by atoms with Gasteiger partial charge in [0.2, 0.25) is 0 Å². The number of hydrogen-bond acceptors (Lipinski definition) is 5. The first-order valence-electron chi connectivity index (χ1n) is 11.5. The van der Waals surface area contributed by atoms with E-state index in [1.165, 1.54) is 25.9 Å². The molecule has 3 aromatic rings. The van der Waals surface area contributed by atoms with E-state index in [2.05, 4.69) is 36.1 Å². The van der Waals surface area contributed by atoms with Gasteiger partial charge in [0, 0.05) is 19.1 Å². The average molecular weight is 440 g/mol. The second-order valence-electron chi connectivity index (χ2n) is 8.96. The van der Waals surface area contributed by atoms with Crippen molar-refractivity contribution in [3.8, 4) is 10.6 Å². The molecule has 0 aliphatic carbocycles.